The van der Waals surface area contributed by atoms with Crippen molar-refractivity contribution < 1.29 is 0 Å². The molecule has 4 aromatic rings. The van der Waals surface area contributed by atoms with E-state index in [0.29, 0.717) is 6.67 Å². The lowest BCUT2D eigenvalue weighted by Gasteiger charge is -2.01. The third kappa shape index (κ3) is 6.43. The zero-order valence-corrected chi connectivity index (χ0v) is 18.6. The third-order valence-corrected chi connectivity index (χ3v) is 7.87. The molecule has 0 aliphatic rings. The maximum Gasteiger partial charge on any atom is 0.207 e. The summed E-state index contributed by atoms with van der Waals surface area (Å²) < 4.78 is 1.90. The van der Waals surface area contributed by atoms with Gasteiger partial charge in [0.2, 0.25) is 10.3 Å². The van der Waals surface area contributed by atoms with E-state index in [4.69, 9.17) is 0 Å². The molecule has 0 spiro atoms. The standard InChI is InChI=1S/C19H18N6S4/c1-3-7-14(8-4-1)11-26-18-24-22-16(28-18)20-13-21-17-23-25-19(29-17)27-12-15-9-5-2-6-10-15/h1-10H,11-13H2,(H,20,22)(H,21,23). The highest BCUT2D eigenvalue weighted by Crippen LogP contribution is 2.29. The van der Waals surface area contributed by atoms with Crippen LogP contribution in [0.15, 0.2) is 69.3 Å². The Morgan fingerprint density at radius 3 is 1.52 bits per heavy atom. The van der Waals surface area contributed by atoms with Crippen molar-refractivity contribution in [2.45, 2.75) is 20.2 Å². The van der Waals surface area contributed by atoms with Gasteiger partial charge < -0.3 is 10.6 Å². The number of hydrogen-bond donors (Lipinski definition) is 2. The number of benzene rings is 2. The molecule has 0 bridgehead atoms. The first-order valence-corrected chi connectivity index (χ1v) is 12.4. The van der Waals surface area contributed by atoms with Crippen molar-refractivity contribution in [3.05, 3.63) is 71.8 Å². The van der Waals surface area contributed by atoms with Crippen LogP contribution in [0.2, 0.25) is 0 Å². The summed E-state index contributed by atoms with van der Waals surface area (Å²) >= 11 is 6.49. The maximum absolute atomic E-state index is 4.23. The molecule has 2 N–H and O–H groups in total. The van der Waals surface area contributed by atoms with Crippen molar-refractivity contribution in [1.29, 1.82) is 0 Å². The first-order chi connectivity index (χ1) is 14.3. The number of rotatable bonds is 10. The highest BCUT2D eigenvalue weighted by atomic mass is 32.2. The van der Waals surface area contributed by atoms with Gasteiger partial charge in [0.05, 0.1) is 6.67 Å². The van der Waals surface area contributed by atoms with Crippen molar-refractivity contribution in [3.8, 4) is 0 Å². The number of hydrogen-bond acceptors (Lipinski definition) is 10. The molecule has 0 saturated heterocycles. The van der Waals surface area contributed by atoms with Crippen LogP contribution in [0.5, 0.6) is 0 Å². The van der Waals surface area contributed by atoms with E-state index in [2.05, 4.69) is 55.3 Å². The van der Waals surface area contributed by atoms with Gasteiger partial charge in [0.25, 0.3) is 0 Å². The smallest absolute Gasteiger partial charge is 0.207 e. The van der Waals surface area contributed by atoms with Crippen LogP contribution in [0.3, 0.4) is 0 Å². The second kappa shape index (κ2) is 10.6. The zero-order valence-electron chi connectivity index (χ0n) is 15.3. The van der Waals surface area contributed by atoms with Gasteiger partial charge in [0, 0.05) is 11.5 Å². The van der Waals surface area contributed by atoms with Gasteiger partial charge in [0.1, 0.15) is 0 Å². The first kappa shape index (κ1) is 20.1. The van der Waals surface area contributed by atoms with E-state index in [-0.39, 0.29) is 0 Å². The van der Waals surface area contributed by atoms with E-state index >= 15 is 0 Å². The SMILES string of the molecule is c1ccc(CSc2nnc(NCNc3nnc(SCc4ccccc4)s3)s2)cc1. The van der Waals surface area contributed by atoms with Gasteiger partial charge in [-0.15, -0.1) is 20.4 Å². The van der Waals surface area contributed by atoms with Gasteiger partial charge in [-0.25, -0.2) is 0 Å². The Labute approximate surface area is 185 Å². The van der Waals surface area contributed by atoms with Gasteiger partial charge in [-0.2, -0.15) is 0 Å². The Morgan fingerprint density at radius 2 is 1.07 bits per heavy atom. The molecule has 0 saturated carbocycles. The molecule has 2 aromatic heterocycles. The Hall–Kier alpha value is -2.14. The molecule has 148 valence electrons. The summed E-state index contributed by atoms with van der Waals surface area (Å²) in [7, 11) is 0. The topological polar surface area (TPSA) is 75.6 Å². The van der Waals surface area contributed by atoms with E-state index in [0.717, 1.165) is 30.4 Å². The van der Waals surface area contributed by atoms with Crippen molar-refractivity contribution in [1.82, 2.24) is 20.4 Å². The molecular formula is C19H18N6S4. The average Bonchev–Trinajstić information content (AvgIpc) is 3.42. The predicted molar refractivity (Wildman–Crippen MR) is 124 cm³/mol. The van der Waals surface area contributed by atoms with Crippen LogP contribution in [0.1, 0.15) is 11.1 Å². The van der Waals surface area contributed by atoms with Crippen LogP contribution in [-0.4, -0.2) is 27.1 Å². The van der Waals surface area contributed by atoms with E-state index < -0.39 is 0 Å². The van der Waals surface area contributed by atoms with Crippen molar-refractivity contribution in [2.75, 3.05) is 17.3 Å². The molecule has 0 radical (unpaired) electrons. The average molecular weight is 459 g/mol. The predicted octanol–water partition coefficient (Wildman–Crippen LogP) is 5.46. The lowest BCUT2D eigenvalue weighted by Crippen LogP contribution is -2.11. The number of nitrogens with one attached hydrogen (secondary N) is 2. The molecule has 2 heterocycles. The lowest BCUT2D eigenvalue weighted by atomic mass is 10.2. The summed E-state index contributed by atoms with van der Waals surface area (Å²) in [6, 6.07) is 20.7. The minimum atomic E-state index is 0.524. The second-order valence-electron chi connectivity index (χ2n) is 5.83. The van der Waals surface area contributed by atoms with Crippen LogP contribution in [-0.2, 0) is 11.5 Å². The van der Waals surface area contributed by atoms with Crippen LogP contribution in [0.25, 0.3) is 0 Å². The molecule has 4 rings (SSSR count). The summed E-state index contributed by atoms with van der Waals surface area (Å²) in [6.45, 7) is 0.524. The van der Waals surface area contributed by atoms with Crippen LogP contribution in [0, 0.1) is 0 Å². The van der Waals surface area contributed by atoms with Crippen LogP contribution in [0.4, 0.5) is 10.3 Å². The highest BCUT2D eigenvalue weighted by molar-refractivity contribution is 8.00. The minimum absolute atomic E-state index is 0.524. The van der Waals surface area contributed by atoms with Crippen molar-refractivity contribution in [3.63, 3.8) is 0 Å². The molecular weight excluding hydrogens is 441 g/mol. The molecule has 6 nitrogen and oxygen atoms in total. The molecule has 0 amide bonds. The first-order valence-electron chi connectivity index (χ1n) is 8.83. The largest absolute Gasteiger partial charge is 0.343 e. The van der Waals surface area contributed by atoms with Crippen LogP contribution >= 0.6 is 46.2 Å². The fourth-order valence-electron chi connectivity index (χ4n) is 2.31. The molecule has 2 aromatic carbocycles. The van der Waals surface area contributed by atoms with Gasteiger partial charge in [-0.3, -0.25) is 0 Å². The Morgan fingerprint density at radius 1 is 0.621 bits per heavy atom. The molecule has 29 heavy (non-hydrogen) atoms. The molecule has 0 aliphatic heterocycles. The summed E-state index contributed by atoms with van der Waals surface area (Å²) in [6.07, 6.45) is 0. The fraction of sp³-hybridized carbons (Fsp3) is 0.158. The molecule has 0 unspecified atom stereocenters. The Bertz CT molecular complexity index is 924. The fourth-order valence-corrected chi connectivity index (χ4v) is 5.72. The summed E-state index contributed by atoms with van der Waals surface area (Å²) in [4.78, 5) is 0. The van der Waals surface area contributed by atoms with E-state index in [9.17, 15) is 0 Å². The monoisotopic (exact) mass is 458 g/mol. The third-order valence-electron chi connectivity index (χ3n) is 3.70. The summed E-state index contributed by atoms with van der Waals surface area (Å²) in [5, 5.41) is 24.9. The molecule has 0 atom stereocenters. The quantitative estimate of drug-likeness (QED) is 0.240. The second-order valence-corrected chi connectivity index (χ2v) is 10.2. The number of thioether (sulfide) groups is 2. The molecule has 0 fully saturated rings. The number of aromatic nitrogens is 4. The van der Waals surface area contributed by atoms with E-state index in [1.54, 1.807) is 46.2 Å². The van der Waals surface area contributed by atoms with Gasteiger partial charge in [0.15, 0.2) is 8.68 Å². The molecule has 0 aliphatic carbocycles. The van der Waals surface area contributed by atoms with Crippen LogP contribution < -0.4 is 10.6 Å². The van der Waals surface area contributed by atoms with E-state index in [1.165, 1.54) is 11.1 Å². The Balaban J connectivity index is 1.19. The van der Waals surface area contributed by atoms with Crippen molar-refractivity contribution in [2.24, 2.45) is 0 Å². The zero-order chi connectivity index (χ0) is 19.7. The molecule has 10 heteroatoms. The normalized spacial score (nSPS) is 10.8. The minimum Gasteiger partial charge on any atom is -0.343 e. The lowest BCUT2D eigenvalue weighted by molar-refractivity contribution is 0.990. The highest BCUT2D eigenvalue weighted by Gasteiger charge is 2.07. The summed E-state index contributed by atoms with van der Waals surface area (Å²) in [5.74, 6) is 1.78. The van der Waals surface area contributed by atoms with Crippen molar-refractivity contribution >= 4 is 56.5 Å². The van der Waals surface area contributed by atoms with Gasteiger partial charge >= 0.3 is 0 Å². The number of anilines is 2. The Kier molecular flexibility index (Phi) is 7.35. The van der Waals surface area contributed by atoms with Gasteiger partial charge in [-0.05, 0) is 11.1 Å². The number of nitrogens with zero attached hydrogens (tertiary/aromatic N) is 4. The van der Waals surface area contributed by atoms with E-state index in [1.807, 2.05) is 36.4 Å². The van der Waals surface area contributed by atoms with Gasteiger partial charge in [-0.1, -0.05) is 107 Å². The summed E-state index contributed by atoms with van der Waals surface area (Å²) in [5.41, 5.74) is 2.56. The maximum atomic E-state index is 4.23.